The van der Waals surface area contributed by atoms with Gasteiger partial charge >= 0.3 is 6.09 Å². The highest BCUT2D eigenvalue weighted by molar-refractivity contribution is 5.69. The molecule has 0 spiro atoms. The topological polar surface area (TPSA) is 42.0 Å². The molecule has 2 rings (SSSR count). The van der Waals surface area contributed by atoms with Gasteiger partial charge < -0.3 is 9.47 Å². The van der Waals surface area contributed by atoms with Crippen LogP contribution in [0.15, 0.2) is 0 Å². The first kappa shape index (κ1) is 7.82. The zero-order valence-corrected chi connectivity index (χ0v) is 6.86. The van der Waals surface area contributed by atoms with E-state index >= 15 is 0 Å². The molecule has 0 N–H and O–H groups in total. The SMILES string of the molecule is O=C1OCCN1CN1CCOC1. The van der Waals surface area contributed by atoms with E-state index in [2.05, 4.69) is 4.90 Å². The summed E-state index contributed by atoms with van der Waals surface area (Å²) in [5.41, 5.74) is 0. The highest BCUT2D eigenvalue weighted by atomic mass is 16.6. The van der Waals surface area contributed by atoms with E-state index in [9.17, 15) is 4.79 Å². The fourth-order valence-corrected chi connectivity index (χ4v) is 1.36. The summed E-state index contributed by atoms with van der Waals surface area (Å²) in [5, 5.41) is 0. The Labute approximate surface area is 70.8 Å². The van der Waals surface area contributed by atoms with Gasteiger partial charge in [0.15, 0.2) is 0 Å². The Morgan fingerprint density at radius 3 is 2.83 bits per heavy atom. The minimum atomic E-state index is -0.207. The Hall–Kier alpha value is -0.810. The molecule has 2 saturated heterocycles. The molecule has 5 nitrogen and oxygen atoms in total. The number of hydrogen-bond acceptors (Lipinski definition) is 4. The van der Waals surface area contributed by atoms with Gasteiger partial charge in [0.1, 0.15) is 13.3 Å². The third-order valence-electron chi connectivity index (χ3n) is 2.04. The van der Waals surface area contributed by atoms with E-state index in [1.165, 1.54) is 0 Å². The largest absolute Gasteiger partial charge is 0.447 e. The second kappa shape index (κ2) is 3.28. The van der Waals surface area contributed by atoms with E-state index in [1.807, 2.05) is 0 Å². The van der Waals surface area contributed by atoms with Crippen molar-refractivity contribution >= 4 is 6.09 Å². The summed E-state index contributed by atoms with van der Waals surface area (Å²) in [6.07, 6.45) is -0.207. The zero-order valence-electron chi connectivity index (χ0n) is 6.86. The maximum atomic E-state index is 11.0. The molecule has 0 unspecified atom stereocenters. The summed E-state index contributed by atoms with van der Waals surface area (Å²) in [6, 6.07) is 0. The lowest BCUT2D eigenvalue weighted by atomic mass is 10.6. The number of nitrogens with zero attached hydrogens (tertiary/aromatic N) is 2. The molecule has 0 atom stereocenters. The Kier molecular flexibility index (Phi) is 2.14. The van der Waals surface area contributed by atoms with E-state index in [4.69, 9.17) is 9.47 Å². The molecule has 0 aromatic carbocycles. The van der Waals surface area contributed by atoms with E-state index in [1.54, 1.807) is 4.90 Å². The molecule has 1 amide bonds. The number of amides is 1. The number of ether oxygens (including phenoxy) is 2. The molecular formula is C7H12N2O3. The van der Waals surface area contributed by atoms with Gasteiger partial charge in [0.25, 0.3) is 0 Å². The van der Waals surface area contributed by atoms with Crippen LogP contribution >= 0.6 is 0 Å². The second-order valence-corrected chi connectivity index (χ2v) is 2.95. The van der Waals surface area contributed by atoms with Gasteiger partial charge in [-0.25, -0.2) is 4.79 Å². The van der Waals surface area contributed by atoms with Gasteiger partial charge in [-0.15, -0.1) is 0 Å². The molecule has 5 heteroatoms. The molecule has 0 saturated carbocycles. The van der Waals surface area contributed by atoms with Crippen molar-refractivity contribution in [2.75, 3.05) is 39.7 Å². The summed E-state index contributed by atoms with van der Waals surface area (Å²) >= 11 is 0. The summed E-state index contributed by atoms with van der Waals surface area (Å²) in [6.45, 7) is 4.16. The molecule has 0 aliphatic carbocycles. The van der Waals surface area contributed by atoms with Crippen LogP contribution in [0, 0.1) is 0 Å². The minimum absolute atomic E-state index is 0.207. The highest BCUT2D eigenvalue weighted by Gasteiger charge is 2.25. The van der Waals surface area contributed by atoms with Crippen LogP contribution in [0.1, 0.15) is 0 Å². The lowest BCUT2D eigenvalue weighted by Crippen LogP contribution is -2.37. The molecule has 2 heterocycles. The number of rotatable bonds is 2. The first-order valence-corrected chi connectivity index (χ1v) is 4.08. The van der Waals surface area contributed by atoms with Crippen LogP contribution in [0.3, 0.4) is 0 Å². The molecule has 2 aliphatic heterocycles. The number of hydrogen-bond donors (Lipinski definition) is 0. The van der Waals surface area contributed by atoms with Crippen LogP contribution in [-0.4, -0.2) is 55.6 Å². The van der Waals surface area contributed by atoms with E-state index in [0.29, 0.717) is 26.6 Å². The lowest BCUT2D eigenvalue weighted by Gasteiger charge is -2.19. The van der Waals surface area contributed by atoms with Crippen molar-refractivity contribution in [1.29, 1.82) is 0 Å². The van der Waals surface area contributed by atoms with Crippen molar-refractivity contribution in [3.05, 3.63) is 0 Å². The van der Waals surface area contributed by atoms with Gasteiger partial charge in [-0.05, 0) is 0 Å². The summed E-state index contributed by atoms with van der Waals surface area (Å²) < 4.78 is 9.95. The molecule has 0 aromatic heterocycles. The van der Waals surface area contributed by atoms with E-state index < -0.39 is 0 Å². The van der Waals surface area contributed by atoms with Crippen molar-refractivity contribution in [2.45, 2.75) is 0 Å². The summed E-state index contributed by atoms with van der Waals surface area (Å²) in [7, 11) is 0. The molecule has 0 radical (unpaired) electrons. The maximum Gasteiger partial charge on any atom is 0.410 e. The van der Waals surface area contributed by atoms with Crippen molar-refractivity contribution < 1.29 is 14.3 Å². The van der Waals surface area contributed by atoms with Crippen LogP contribution in [0.5, 0.6) is 0 Å². The Balaban J connectivity index is 1.81. The normalized spacial score (nSPS) is 25.0. The maximum absolute atomic E-state index is 11.0. The molecule has 2 aliphatic rings. The lowest BCUT2D eigenvalue weighted by molar-refractivity contribution is 0.102. The number of carbonyl (C=O) groups excluding carboxylic acids is 1. The van der Waals surface area contributed by atoms with Crippen LogP contribution in [0.2, 0.25) is 0 Å². The molecule has 0 aromatic rings. The minimum Gasteiger partial charge on any atom is -0.447 e. The Morgan fingerprint density at radius 1 is 1.33 bits per heavy atom. The summed E-state index contributed by atoms with van der Waals surface area (Å²) in [4.78, 5) is 14.8. The van der Waals surface area contributed by atoms with Crippen LogP contribution in [0.4, 0.5) is 4.79 Å². The van der Waals surface area contributed by atoms with Gasteiger partial charge in [0, 0.05) is 6.54 Å². The molecule has 12 heavy (non-hydrogen) atoms. The predicted molar refractivity (Wildman–Crippen MR) is 40.4 cm³/mol. The Morgan fingerprint density at radius 2 is 2.25 bits per heavy atom. The van der Waals surface area contributed by atoms with Gasteiger partial charge in [-0.1, -0.05) is 0 Å². The fourth-order valence-electron chi connectivity index (χ4n) is 1.36. The quantitative estimate of drug-likeness (QED) is 0.572. The standard InChI is InChI=1S/C7H12N2O3/c10-7-9(2-4-12-7)5-8-1-3-11-6-8/h1-6H2. The second-order valence-electron chi connectivity index (χ2n) is 2.95. The average Bonchev–Trinajstić information content (AvgIpc) is 2.65. The first-order chi connectivity index (χ1) is 5.86. The predicted octanol–water partition coefficient (Wildman–Crippen LogP) is -0.314. The number of cyclic esters (lactones) is 1. The Bertz CT molecular complexity index is 179. The zero-order chi connectivity index (χ0) is 8.39. The first-order valence-electron chi connectivity index (χ1n) is 4.08. The summed E-state index contributed by atoms with van der Waals surface area (Å²) in [5.74, 6) is 0. The van der Waals surface area contributed by atoms with Gasteiger partial charge in [-0.3, -0.25) is 9.80 Å². The van der Waals surface area contributed by atoms with Crippen LogP contribution in [0.25, 0.3) is 0 Å². The van der Waals surface area contributed by atoms with Gasteiger partial charge in [0.2, 0.25) is 0 Å². The molecule has 2 fully saturated rings. The monoisotopic (exact) mass is 172 g/mol. The molecule has 0 bridgehead atoms. The fraction of sp³-hybridized carbons (Fsp3) is 0.857. The van der Waals surface area contributed by atoms with Crippen molar-refractivity contribution in [1.82, 2.24) is 9.80 Å². The van der Waals surface area contributed by atoms with Gasteiger partial charge in [-0.2, -0.15) is 0 Å². The molecular weight excluding hydrogens is 160 g/mol. The smallest absolute Gasteiger partial charge is 0.410 e. The van der Waals surface area contributed by atoms with Crippen LogP contribution < -0.4 is 0 Å². The van der Waals surface area contributed by atoms with Crippen molar-refractivity contribution in [3.8, 4) is 0 Å². The third-order valence-corrected chi connectivity index (χ3v) is 2.04. The number of carbonyl (C=O) groups is 1. The van der Waals surface area contributed by atoms with E-state index in [-0.39, 0.29) is 6.09 Å². The van der Waals surface area contributed by atoms with Crippen molar-refractivity contribution in [3.63, 3.8) is 0 Å². The highest BCUT2D eigenvalue weighted by Crippen LogP contribution is 2.06. The third kappa shape index (κ3) is 1.51. The van der Waals surface area contributed by atoms with Crippen molar-refractivity contribution in [2.24, 2.45) is 0 Å². The van der Waals surface area contributed by atoms with Gasteiger partial charge in [0.05, 0.1) is 19.8 Å². The average molecular weight is 172 g/mol. The molecule has 68 valence electrons. The van der Waals surface area contributed by atoms with Crippen LogP contribution in [-0.2, 0) is 9.47 Å². The van der Waals surface area contributed by atoms with E-state index in [0.717, 1.165) is 13.2 Å².